The SMILES string of the molecule is O=C(CCc1ccccc1)C1=C(O)C(=O)N(Cc2ccco2)C1c1ccc(O)cc1. The third-order valence-electron chi connectivity index (χ3n) is 5.20. The van der Waals surface area contributed by atoms with Crippen LogP contribution in [0.2, 0.25) is 0 Å². The highest BCUT2D eigenvalue weighted by molar-refractivity contribution is 6.09. The molecule has 0 saturated carbocycles. The van der Waals surface area contributed by atoms with Gasteiger partial charge in [0.05, 0.1) is 24.4 Å². The molecule has 2 N–H and O–H groups in total. The number of ketones is 1. The maximum atomic E-state index is 13.1. The second kappa shape index (κ2) is 8.29. The van der Waals surface area contributed by atoms with E-state index >= 15 is 0 Å². The van der Waals surface area contributed by atoms with Crippen LogP contribution in [0.3, 0.4) is 0 Å². The molecule has 1 amide bonds. The van der Waals surface area contributed by atoms with Crippen LogP contribution in [0.1, 0.15) is 29.3 Å². The first-order valence-corrected chi connectivity index (χ1v) is 9.67. The fourth-order valence-electron chi connectivity index (χ4n) is 3.71. The molecule has 0 spiro atoms. The maximum absolute atomic E-state index is 13.1. The van der Waals surface area contributed by atoms with Gasteiger partial charge in [-0.3, -0.25) is 9.59 Å². The number of aromatic hydroxyl groups is 1. The van der Waals surface area contributed by atoms with E-state index in [0.717, 1.165) is 5.56 Å². The summed E-state index contributed by atoms with van der Waals surface area (Å²) >= 11 is 0. The molecule has 30 heavy (non-hydrogen) atoms. The molecule has 0 radical (unpaired) electrons. The van der Waals surface area contributed by atoms with E-state index in [-0.39, 0.29) is 30.1 Å². The van der Waals surface area contributed by atoms with Gasteiger partial charge in [0, 0.05) is 6.42 Å². The van der Waals surface area contributed by atoms with E-state index in [1.54, 1.807) is 24.3 Å². The number of aryl methyl sites for hydroxylation is 1. The van der Waals surface area contributed by atoms with E-state index in [9.17, 15) is 19.8 Å². The molecule has 2 heterocycles. The van der Waals surface area contributed by atoms with Crippen LogP contribution in [0, 0.1) is 0 Å². The van der Waals surface area contributed by atoms with Gasteiger partial charge in [-0.25, -0.2) is 0 Å². The highest BCUT2D eigenvalue weighted by Crippen LogP contribution is 2.39. The summed E-state index contributed by atoms with van der Waals surface area (Å²) in [5.41, 5.74) is 1.71. The number of phenolic OH excluding ortho intramolecular Hbond substituents is 1. The van der Waals surface area contributed by atoms with Crippen molar-refractivity contribution in [3.63, 3.8) is 0 Å². The molecule has 0 saturated heterocycles. The lowest BCUT2D eigenvalue weighted by molar-refractivity contribution is -0.130. The zero-order chi connectivity index (χ0) is 21.1. The number of Topliss-reactive ketones (excluding diaryl/α,β-unsaturated/α-hetero) is 1. The Labute approximate surface area is 173 Å². The molecule has 1 atom stereocenters. The Morgan fingerprint density at radius 1 is 0.967 bits per heavy atom. The monoisotopic (exact) mass is 403 g/mol. The number of nitrogens with zero attached hydrogens (tertiary/aromatic N) is 1. The Hall–Kier alpha value is -3.80. The number of furan rings is 1. The van der Waals surface area contributed by atoms with Gasteiger partial charge in [0.25, 0.3) is 5.91 Å². The average Bonchev–Trinajstić information content (AvgIpc) is 3.36. The van der Waals surface area contributed by atoms with Crippen molar-refractivity contribution in [1.82, 2.24) is 4.90 Å². The molecule has 0 bridgehead atoms. The van der Waals surface area contributed by atoms with Gasteiger partial charge in [-0.2, -0.15) is 0 Å². The van der Waals surface area contributed by atoms with Crippen LogP contribution in [-0.4, -0.2) is 26.8 Å². The quantitative estimate of drug-likeness (QED) is 0.620. The molecule has 1 aliphatic heterocycles. The van der Waals surface area contributed by atoms with Gasteiger partial charge >= 0.3 is 0 Å². The summed E-state index contributed by atoms with van der Waals surface area (Å²) in [4.78, 5) is 27.4. The predicted octanol–water partition coefficient (Wildman–Crippen LogP) is 4.08. The highest BCUT2D eigenvalue weighted by atomic mass is 16.3. The Morgan fingerprint density at radius 2 is 1.70 bits per heavy atom. The molecule has 1 unspecified atom stereocenters. The van der Waals surface area contributed by atoms with Crippen LogP contribution < -0.4 is 0 Å². The minimum Gasteiger partial charge on any atom is -0.508 e. The number of amides is 1. The van der Waals surface area contributed by atoms with Crippen LogP contribution in [-0.2, 0) is 22.6 Å². The van der Waals surface area contributed by atoms with Crippen molar-refractivity contribution in [2.24, 2.45) is 0 Å². The zero-order valence-corrected chi connectivity index (χ0v) is 16.2. The van der Waals surface area contributed by atoms with Crippen LogP contribution in [0.25, 0.3) is 0 Å². The first kappa shape index (κ1) is 19.5. The minimum absolute atomic E-state index is 0.0748. The normalized spacial score (nSPS) is 16.3. The number of hydrogen-bond donors (Lipinski definition) is 2. The van der Waals surface area contributed by atoms with Gasteiger partial charge in [-0.15, -0.1) is 0 Å². The number of aliphatic hydroxyl groups is 1. The summed E-state index contributed by atoms with van der Waals surface area (Å²) in [6, 6.07) is 18.5. The van der Waals surface area contributed by atoms with Crippen molar-refractivity contribution in [3.8, 4) is 5.75 Å². The molecule has 0 fully saturated rings. The van der Waals surface area contributed by atoms with Crippen molar-refractivity contribution < 1.29 is 24.2 Å². The summed E-state index contributed by atoms with van der Waals surface area (Å²) in [7, 11) is 0. The highest BCUT2D eigenvalue weighted by Gasteiger charge is 2.43. The van der Waals surface area contributed by atoms with Gasteiger partial charge in [-0.1, -0.05) is 42.5 Å². The molecule has 6 nitrogen and oxygen atoms in total. The number of phenols is 1. The van der Waals surface area contributed by atoms with Crippen LogP contribution in [0.15, 0.2) is 88.7 Å². The van der Waals surface area contributed by atoms with Crippen molar-refractivity contribution in [2.45, 2.75) is 25.4 Å². The second-order valence-corrected chi connectivity index (χ2v) is 7.18. The fraction of sp³-hybridized carbons (Fsp3) is 0.167. The smallest absolute Gasteiger partial charge is 0.290 e. The topological polar surface area (TPSA) is 91.0 Å². The summed E-state index contributed by atoms with van der Waals surface area (Å²) < 4.78 is 5.36. The summed E-state index contributed by atoms with van der Waals surface area (Å²) in [5.74, 6) is -0.821. The van der Waals surface area contributed by atoms with Crippen LogP contribution in [0.5, 0.6) is 5.75 Å². The third kappa shape index (κ3) is 3.85. The second-order valence-electron chi connectivity index (χ2n) is 7.18. The fourth-order valence-corrected chi connectivity index (χ4v) is 3.71. The van der Waals surface area contributed by atoms with Gasteiger partial charge in [0.2, 0.25) is 0 Å². The lowest BCUT2D eigenvalue weighted by atomic mass is 9.93. The lowest BCUT2D eigenvalue weighted by Crippen LogP contribution is -2.30. The minimum atomic E-state index is -0.758. The standard InChI is InChI=1S/C24H21NO5/c26-18-11-9-17(10-12-18)22-21(20(27)13-8-16-5-2-1-3-6-16)23(28)24(29)25(22)15-19-7-4-14-30-19/h1-7,9-12,14,22,26,28H,8,13,15H2. The number of benzene rings is 2. The molecule has 2 aromatic carbocycles. The van der Waals surface area contributed by atoms with E-state index in [2.05, 4.69) is 0 Å². The van der Waals surface area contributed by atoms with Crippen molar-refractivity contribution in [3.05, 3.63) is 101 Å². The first-order valence-electron chi connectivity index (χ1n) is 9.67. The zero-order valence-electron chi connectivity index (χ0n) is 16.2. The summed E-state index contributed by atoms with van der Waals surface area (Å²) in [6.07, 6.45) is 2.18. The van der Waals surface area contributed by atoms with Crippen molar-refractivity contribution in [2.75, 3.05) is 0 Å². The van der Waals surface area contributed by atoms with Crippen LogP contribution >= 0.6 is 0 Å². The molecule has 0 aliphatic carbocycles. The van der Waals surface area contributed by atoms with E-state index in [4.69, 9.17) is 4.42 Å². The van der Waals surface area contributed by atoms with Crippen LogP contribution in [0.4, 0.5) is 0 Å². The summed E-state index contributed by atoms with van der Waals surface area (Å²) in [5, 5.41) is 20.2. The van der Waals surface area contributed by atoms with Crippen molar-refractivity contribution >= 4 is 11.7 Å². The molecule has 1 aromatic heterocycles. The molecule has 3 aromatic rings. The van der Waals surface area contributed by atoms with E-state index < -0.39 is 17.7 Å². The number of rotatable bonds is 7. The lowest BCUT2D eigenvalue weighted by Gasteiger charge is -2.26. The molecule has 6 heteroatoms. The van der Waals surface area contributed by atoms with E-state index in [1.165, 1.54) is 23.3 Å². The van der Waals surface area contributed by atoms with E-state index in [0.29, 0.717) is 17.7 Å². The number of aliphatic hydroxyl groups excluding tert-OH is 1. The van der Waals surface area contributed by atoms with Gasteiger partial charge in [0.1, 0.15) is 11.5 Å². The van der Waals surface area contributed by atoms with Gasteiger partial charge in [-0.05, 0) is 41.8 Å². The first-order chi connectivity index (χ1) is 14.5. The molecular weight excluding hydrogens is 382 g/mol. The van der Waals surface area contributed by atoms with Crippen molar-refractivity contribution in [1.29, 1.82) is 0 Å². The summed E-state index contributed by atoms with van der Waals surface area (Å²) in [6.45, 7) is 0.108. The average molecular weight is 403 g/mol. The molecule has 4 rings (SSSR count). The van der Waals surface area contributed by atoms with Gasteiger partial charge in [0.15, 0.2) is 11.5 Å². The number of carbonyl (C=O) groups is 2. The molecule has 152 valence electrons. The Balaban J connectivity index is 1.65. The Bertz CT molecular complexity index is 1070. The Kier molecular flexibility index (Phi) is 5.39. The number of carbonyl (C=O) groups excluding carboxylic acids is 2. The largest absolute Gasteiger partial charge is 0.508 e. The maximum Gasteiger partial charge on any atom is 0.290 e. The third-order valence-corrected chi connectivity index (χ3v) is 5.20. The predicted molar refractivity (Wildman–Crippen MR) is 110 cm³/mol. The Morgan fingerprint density at radius 3 is 2.37 bits per heavy atom. The van der Waals surface area contributed by atoms with E-state index in [1.807, 2.05) is 30.3 Å². The molecule has 1 aliphatic rings. The molecular formula is C24H21NO5. The number of hydrogen-bond acceptors (Lipinski definition) is 5. The van der Waals surface area contributed by atoms with Gasteiger partial charge < -0.3 is 19.5 Å².